The minimum absolute atomic E-state index is 0.0799. The molecule has 0 aliphatic heterocycles. The maximum absolute atomic E-state index is 13.3. The van der Waals surface area contributed by atoms with E-state index in [2.05, 4.69) is 11.9 Å². The molecule has 4 heteroatoms. The van der Waals surface area contributed by atoms with Gasteiger partial charge in [-0.2, -0.15) is 0 Å². The van der Waals surface area contributed by atoms with Gasteiger partial charge in [-0.15, -0.1) is 0 Å². The number of unbranched alkanes of at least 4 members (excludes halogenated alkanes) is 4. The first-order chi connectivity index (χ1) is 14.8. The van der Waals surface area contributed by atoms with Crippen LogP contribution in [0, 0.1) is 0 Å². The third-order valence-electron chi connectivity index (χ3n) is 4.97. The van der Waals surface area contributed by atoms with E-state index in [1.165, 1.54) is 25.7 Å². The van der Waals surface area contributed by atoms with Crippen molar-refractivity contribution in [3.05, 3.63) is 90.1 Å². The highest BCUT2D eigenvalue weighted by molar-refractivity contribution is 6.05. The Hall–Kier alpha value is -3.14. The maximum atomic E-state index is 13.3. The Balaban J connectivity index is 1.65. The van der Waals surface area contributed by atoms with Crippen molar-refractivity contribution in [3.63, 3.8) is 0 Å². The van der Waals surface area contributed by atoms with E-state index in [9.17, 15) is 4.79 Å². The molecule has 0 saturated carbocycles. The summed E-state index contributed by atoms with van der Waals surface area (Å²) in [6.07, 6.45) is 7.76. The molecule has 0 bridgehead atoms. The molecule has 0 aliphatic rings. The number of nitrogens with zero attached hydrogens (tertiary/aromatic N) is 2. The standard InChI is InChI=1S/C26H30N2O2/c1-2-3-4-5-11-20-30-24-17-15-23(16-18-24)26(29)28(25-14-9-10-19-27-25)21-22-12-7-6-8-13-22/h6-10,12-19H,2-5,11,20-21H2,1H3. The molecule has 0 N–H and O–H groups in total. The largest absolute Gasteiger partial charge is 0.494 e. The fourth-order valence-electron chi connectivity index (χ4n) is 3.28. The van der Waals surface area contributed by atoms with Crippen molar-refractivity contribution >= 4 is 11.7 Å². The summed E-state index contributed by atoms with van der Waals surface area (Å²) < 4.78 is 5.82. The fourth-order valence-corrected chi connectivity index (χ4v) is 3.28. The van der Waals surface area contributed by atoms with E-state index in [0.29, 0.717) is 24.5 Å². The van der Waals surface area contributed by atoms with Gasteiger partial charge in [-0.3, -0.25) is 9.69 Å². The number of hydrogen-bond acceptors (Lipinski definition) is 3. The number of anilines is 1. The maximum Gasteiger partial charge on any atom is 0.259 e. The van der Waals surface area contributed by atoms with Crippen LogP contribution in [0.4, 0.5) is 5.82 Å². The molecule has 0 fully saturated rings. The first kappa shape index (κ1) is 21.6. The molecule has 0 aliphatic carbocycles. The monoisotopic (exact) mass is 402 g/mol. The van der Waals surface area contributed by atoms with E-state index in [0.717, 1.165) is 17.7 Å². The van der Waals surface area contributed by atoms with Crippen LogP contribution in [0.3, 0.4) is 0 Å². The number of hydrogen-bond donors (Lipinski definition) is 0. The molecule has 1 aromatic heterocycles. The molecule has 156 valence electrons. The van der Waals surface area contributed by atoms with E-state index < -0.39 is 0 Å². The minimum Gasteiger partial charge on any atom is -0.494 e. The fraction of sp³-hybridized carbons (Fsp3) is 0.308. The van der Waals surface area contributed by atoms with Gasteiger partial charge in [-0.05, 0) is 48.4 Å². The van der Waals surface area contributed by atoms with Crippen LogP contribution in [-0.2, 0) is 6.54 Å². The van der Waals surface area contributed by atoms with Crippen molar-refractivity contribution in [3.8, 4) is 5.75 Å². The Morgan fingerprint density at radius 3 is 2.30 bits per heavy atom. The normalized spacial score (nSPS) is 10.6. The van der Waals surface area contributed by atoms with Gasteiger partial charge >= 0.3 is 0 Å². The second-order valence-corrected chi connectivity index (χ2v) is 7.35. The number of amides is 1. The lowest BCUT2D eigenvalue weighted by Gasteiger charge is -2.22. The third-order valence-corrected chi connectivity index (χ3v) is 4.97. The van der Waals surface area contributed by atoms with Crippen LogP contribution in [0.15, 0.2) is 79.0 Å². The van der Waals surface area contributed by atoms with E-state index in [-0.39, 0.29) is 5.91 Å². The van der Waals surface area contributed by atoms with E-state index in [1.54, 1.807) is 11.1 Å². The molecule has 30 heavy (non-hydrogen) atoms. The molecule has 4 nitrogen and oxygen atoms in total. The van der Waals surface area contributed by atoms with Crippen molar-refractivity contribution in [2.45, 2.75) is 45.6 Å². The number of carbonyl (C=O) groups excluding carboxylic acids is 1. The number of benzene rings is 2. The minimum atomic E-state index is -0.0799. The van der Waals surface area contributed by atoms with Crippen LogP contribution in [0.1, 0.15) is 54.9 Å². The van der Waals surface area contributed by atoms with Gasteiger partial charge in [0.25, 0.3) is 5.91 Å². The van der Waals surface area contributed by atoms with Crippen molar-refractivity contribution in [2.75, 3.05) is 11.5 Å². The van der Waals surface area contributed by atoms with Crippen LogP contribution < -0.4 is 9.64 Å². The Bertz CT molecular complexity index is 880. The molecule has 0 atom stereocenters. The summed E-state index contributed by atoms with van der Waals surface area (Å²) in [5.74, 6) is 1.36. The van der Waals surface area contributed by atoms with Crippen LogP contribution in [-0.4, -0.2) is 17.5 Å². The quantitative estimate of drug-likeness (QED) is 0.355. The van der Waals surface area contributed by atoms with Crippen LogP contribution in [0.25, 0.3) is 0 Å². The van der Waals surface area contributed by atoms with Crippen LogP contribution >= 0.6 is 0 Å². The van der Waals surface area contributed by atoms with Gasteiger partial charge < -0.3 is 4.74 Å². The second kappa shape index (κ2) is 11.8. The molecule has 2 aromatic carbocycles. The molecule has 1 amide bonds. The highest BCUT2D eigenvalue weighted by Crippen LogP contribution is 2.20. The smallest absolute Gasteiger partial charge is 0.259 e. The predicted molar refractivity (Wildman–Crippen MR) is 122 cm³/mol. The first-order valence-corrected chi connectivity index (χ1v) is 10.8. The van der Waals surface area contributed by atoms with E-state index >= 15 is 0 Å². The van der Waals surface area contributed by atoms with Gasteiger partial charge in [0.2, 0.25) is 0 Å². The van der Waals surface area contributed by atoms with Crippen molar-refractivity contribution in [1.82, 2.24) is 4.98 Å². The number of pyridine rings is 1. The zero-order valence-corrected chi connectivity index (χ0v) is 17.7. The van der Waals surface area contributed by atoms with Crippen LogP contribution in [0.2, 0.25) is 0 Å². The highest BCUT2D eigenvalue weighted by atomic mass is 16.5. The van der Waals surface area contributed by atoms with Crippen molar-refractivity contribution < 1.29 is 9.53 Å². The average Bonchev–Trinajstić information content (AvgIpc) is 2.81. The number of aromatic nitrogens is 1. The lowest BCUT2D eigenvalue weighted by Crippen LogP contribution is -2.31. The summed E-state index contributed by atoms with van der Waals surface area (Å²) >= 11 is 0. The highest BCUT2D eigenvalue weighted by Gasteiger charge is 2.19. The molecule has 1 heterocycles. The second-order valence-electron chi connectivity index (χ2n) is 7.35. The van der Waals surface area contributed by atoms with Crippen LogP contribution in [0.5, 0.6) is 5.75 Å². The van der Waals surface area contributed by atoms with E-state index in [4.69, 9.17) is 4.74 Å². The lowest BCUT2D eigenvalue weighted by molar-refractivity contribution is 0.0984. The number of rotatable bonds is 11. The van der Waals surface area contributed by atoms with Gasteiger partial charge in [-0.25, -0.2) is 4.98 Å². The summed E-state index contributed by atoms with van der Waals surface area (Å²) in [5, 5.41) is 0. The Morgan fingerprint density at radius 1 is 0.867 bits per heavy atom. The molecule has 3 rings (SSSR count). The Labute approximate surface area is 179 Å². The van der Waals surface area contributed by atoms with Gasteiger partial charge in [0.15, 0.2) is 0 Å². The molecule has 0 radical (unpaired) electrons. The molecule has 3 aromatic rings. The summed E-state index contributed by atoms with van der Waals surface area (Å²) in [6.45, 7) is 3.39. The summed E-state index contributed by atoms with van der Waals surface area (Å²) in [7, 11) is 0. The molecule has 0 saturated heterocycles. The molecule has 0 spiro atoms. The Morgan fingerprint density at radius 2 is 1.60 bits per heavy atom. The zero-order valence-electron chi connectivity index (χ0n) is 17.7. The van der Waals surface area contributed by atoms with Gasteiger partial charge in [0.1, 0.15) is 11.6 Å². The van der Waals surface area contributed by atoms with E-state index in [1.807, 2.05) is 72.8 Å². The van der Waals surface area contributed by atoms with Crippen molar-refractivity contribution in [2.24, 2.45) is 0 Å². The topological polar surface area (TPSA) is 42.4 Å². The number of ether oxygens (including phenoxy) is 1. The van der Waals surface area contributed by atoms with Gasteiger partial charge in [0.05, 0.1) is 13.2 Å². The SMILES string of the molecule is CCCCCCCOc1ccc(C(=O)N(Cc2ccccc2)c2ccccn2)cc1. The summed E-state index contributed by atoms with van der Waals surface area (Å²) in [6, 6.07) is 23.0. The van der Waals surface area contributed by atoms with Crippen molar-refractivity contribution in [1.29, 1.82) is 0 Å². The molecular formula is C26H30N2O2. The average molecular weight is 403 g/mol. The predicted octanol–water partition coefficient (Wildman–Crippen LogP) is 6.28. The molecule has 0 unspecified atom stereocenters. The lowest BCUT2D eigenvalue weighted by atomic mass is 10.1. The number of carbonyl (C=O) groups is 1. The third kappa shape index (κ3) is 6.45. The zero-order chi connectivity index (χ0) is 21.0. The first-order valence-electron chi connectivity index (χ1n) is 10.8. The summed E-state index contributed by atoms with van der Waals surface area (Å²) in [4.78, 5) is 19.4. The Kier molecular flexibility index (Phi) is 8.46. The summed E-state index contributed by atoms with van der Waals surface area (Å²) in [5.41, 5.74) is 1.67. The molecular weight excluding hydrogens is 372 g/mol. The van der Waals surface area contributed by atoms with Gasteiger partial charge in [0, 0.05) is 11.8 Å². The van der Waals surface area contributed by atoms with Gasteiger partial charge in [-0.1, -0.05) is 69.0 Å².